The van der Waals surface area contributed by atoms with Crippen molar-refractivity contribution in [1.29, 1.82) is 0 Å². The van der Waals surface area contributed by atoms with Crippen LogP contribution in [-0.4, -0.2) is 29.4 Å². The molecule has 4 heteroatoms. The first kappa shape index (κ1) is 15.0. The van der Waals surface area contributed by atoms with Crippen molar-refractivity contribution < 1.29 is 9.18 Å². The van der Waals surface area contributed by atoms with Crippen molar-refractivity contribution in [3.05, 3.63) is 35.6 Å². The molecule has 1 amide bonds. The summed E-state index contributed by atoms with van der Waals surface area (Å²) >= 11 is 0. The second kappa shape index (κ2) is 6.35. The van der Waals surface area contributed by atoms with Gasteiger partial charge in [-0.2, -0.15) is 0 Å². The molecule has 0 aromatic heterocycles. The first-order valence-corrected chi connectivity index (χ1v) is 7.40. The van der Waals surface area contributed by atoms with E-state index in [4.69, 9.17) is 0 Å². The molecule has 0 radical (unpaired) electrons. The number of hydrogen-bond acceptors (Lipinski definition) is 2. The summed E-state index contributed by atoms with van der Waals surface area (Å²) in [5, 5.41) is 3.37. The van der Waals surface area contributed by atoms with E-state index in [2.05, 4.69) is 5.32 Å². The number of carbonyl (C=O) groups is 1. The van der Waals surface area contributed by atoms with Gasteiger partial charge in [-0.3, -0.25) is 4.79 Å². The van der Waals surface area contributed by atoms with Crippen LogP contribution in [0.1, 0.15) is 38.7 Å². The smallest absolute Gasteiger partial charge is 0.243 e. The van der Waals surface area contributed by atoms with E-state index in [0.717, 1.165) is 31.4 Å². The lowest BCUT2D eigenvalue weighted by Gasteiger charge is -2.33. The molecule has 1 N–H and O–H groups in total. The second-order valence-electron chi connectivity index (χ2n) is 5.42. The Balaban J connectivity index is 2.13. The van der Waals surface area contributed by atoms with Crippen molar-refractivity contribution in [1.82, 2.24) is 10.2 Å². The highest BCUT2D eigenvalue weighted by atomic mass is 19.1. The molecule has 1 unspecified atom stereocenters. The molecule has 1 aliphatic heterocycles. The lowest BCUT2D eigenvalue weighted by atomic mass is 9.92. The highest BCUT2D eigenvalue weighted by Crippen LogP contribution is 2.26. The predicted molar refractivity (Wildman–Crippen MR) is 77.7 cm³/mol. The Labute approximate surface area is 120 Å². The minimum atomic E-state index is -0.413. The van der Waals surface area contributed by atoms with E-state index in [9.17, 15) is 9.18 Å². The molecule has 0 saturated carbocycles. The Morgan fingerprint density at radius 2 is 2.25 bits per heavy atom. The van der Waals surface area contributed by atoms with Gasteiger partial charge in [-0.15, -0.1) is 0 Å². The molecule has 1 fully saturated rings. The van der Waals surface area contributed by atoms with Crippen molar-refractivity contribution in [2.45, 2.75) is 45.2 Å². The summed E-state index contributed by atoms with van der Waals surface area (Å²) in [7, 11) is 0. The van der Waals surface area contributed by atoms with E-state index < -0.39 is 5.54 Å². The number of likely N-dealkylation sites (N-methyl/N-ethyl adjacent to an activating group) is 1. The predicted octanol–water partition coefficient (Wildman–Crippen LogP) is 2.71. The van der Waals surface area contributed by atoms with Crippen molar-refractivity contribution in [3.63, 3.8) is 0 Å². The van der Waals surface area contributed by atoms with Crippen LogP contribution >= 0.6 is 0 Å². The molecule has 3 nitrogen and oxygen atoms in total. The molecule has 0 aliphatic carbocycles. The van der Waals surface area contributed by atoms with E-state index >= 15 is 0 Å². The largest absolute Gasteiger partial charge is 0.337 e. The van der Waals surface area contributed by atoms with Crippen LogP contribution in [0.2, 0.25) is 0 Å². The van der Waals surface area contributed by atoms with Crippen LogP contribution in [0, 0.1) is 5.82 Å². The molecule has 1 aliphatic rings. The fourth-order valence-electron chi connectivity index (χ4n) is 2.93. The lowest BCUT2D eigenvalue weighted by molar-refractivity contribution is -0.138. The van der Waals surface area contributed by atoms with Crippen LogP contribution in [0.3, 0.4) is 0 Å². The number of halogens is 1. The van der Waals surface area contributed by atoms with E-state index in [-0.39, 0.29) is 11.7 Å². The SMILES string of the molecule is CCN(Cc1cccc(F)c1)C(=O)C1(CC)CCCN1. The summed E-state index contributed by atoms with van der Waals surface area (Å²) in [4.78, 5) is 14.6. The van der Waals surface area contributed by atoms with Crippen LogP contribution in [-0.2, 0) is 11.3 Å². The molecule has 20 heavy (non-hydrogen) atoms. The van der Waals surface area contributed by atoms with Gasteiger partial charge in [0, 0.05) is 13.1 Å². The zero-order chi connectivity index (χ0) is 14.6. The summed E-state index contributed by atoms with van der Waals surface area (Å²) in [5.41, 5.74) is 0.424. The third-order valence-electron chi connectivity index (χ3n) is 4.19. The molecule has 0 spiro atoms. The molecule has 1 aromatic carbocycles. The normalized spacial score (nSPS) is 21.9. The van der Waals surface area contributed by atoms with E-state index in [0.29, 0.717) is 13.1 Å². The van der Waals surface area contributed by atoms with Crippen molar-refractivity contribution in [2.75, 3.05) is 13.1 Å². The monoisotopic (exact) mass is 278 g/mol. The average molecular weight is 278 g/mol. The molecule has 1 aromatic rings. The summed E-state index contributed by atoms with van der Waals surface area (Å²) in [6.45, 7) is 6.02. The first-order valence-electron chi connectivity index (χ1n) is 7.40. The third kappa shape index (κ3) is 3.01. The minimum Gasteiger partial charge on any atom is -0.337 e. The summed E-state index contributed by atoms with van der Waals surface area (Å²) in [6, 6.07) is 6.47. The first-order chi connectivity index (χ1) is 9.61. The third-order valence-corrected chi connectivity index (χ3v) is 4.19. The molecule has 0 bridgehead atoms. The van der Waals surface area contributed by atoms with Gasteiger partial charge in [0.2, 0.25) is 5.91 Å². The number of rotatable bonds is 5. The van der Waals surface area contributed by atoms with Gasteiger partial charge < -0.3 is 10.2 Å². The van der Waals surface area contributed by atoms with Crippen LogP contribution in [0.4, 0.5) is 4.39 Å². The Morgan fingerprint density at radius 1 is 1.45 bits per heavy atom. The average Bonchev–Trinajstić information content (AvgIpc) is 2.94. The number of amides is 1. The van der Waals surface area contributed by atoms with Gasteiger partial charge in [0.1, 0.15) is 5.82 Å². The Bertz CT molecular complexity index is 469. The molecule has 2 rings (SSSR count). The molecular weight excluding hydrogens is 255 g/mol. The maximum Gasteiger partial charge on any atom is 0.243 e. The zero-order valence-corrected chi connectivity index (χ0v) is 12.3. The number of carbonyl (C=O) groups excluding carboxylic acids is 1. The molecule has 1 heterocycles. The van der Waals surface area contributed by atoms with Gasteiger partial charge in [-0.1, -0.05) is 19.1 Å². The lowest BCUT2D eigenvalue weighted by Crippen LogP contribution is -2.54. The van der Waals surface area contributed by atoms with Gasteiger partial charge in [0.15, 0.2) is 0 Å². The number of nitrogens with one attached hydrogen (secondary N) is 1. The number of benzene rings is 1. The molecule has 110 valence electrons. The van der Waals surface area contributed by atoms with Crippen molar-refractivity contribution in [3.8, 4) is 0 Å². The fraction of sp³-hybridized carbons (Fsp3) is 0.562. The number of hydrogen-bond donors (Lipinski definition) is 1. The molecule has 1 saturated heterocycles. The van der Waals surface area contributed by atoms with Crippen LogP contribution < -0.4 is 5.32 Å². The molecule has 1 atom stereocenters. The Morgan fingerprint density at radius 3 is 2.80 bits per heavy atom. The quantitative estimate of drug-likeness (QED) is 0.898. The van der Waals surface area contributed by atoms with Gasteiger partial charge >= 0.3 is 0 Å². The summed E-state index contributed by atoms with van der Waals surface area (Å²) < 4.78 is 13.2. The van der Waals surface area contributed by atoms with E-state index in [1.54, 1.807) is 6.07 Å². The fourth-order valence-corrected chi connectivity index (χ4v) is 2.93. The summed E-state index contributed by atoms with van der Waals surface area (Å²) in [5.74, 6) is -0.112. The van der Waals surface area contributed by atoms with E-state index in [1.807, 2.05) is 24.8 Å². The van der Waals surface area contributed by atoms with Gasteiger partial charge in [-0.25, -0.2) is 4.39 Å². The Kier molecular flexibility index (Phi) is 4.76. The van der Waals surface area contributed by atoms with Crippen LogP contribution in [0.15, 0.2) is 24.3 Å². The van der Waals surface area contributed by atoms with E-state index in [1.165, 1.54) is 12.1 Å². The van der Waals surface area contributed by atoms with Gasteiger partial charge in [0.25, 0.3) is 0 Å². The second-order valence-corrected chi connectivity index (χ2v) is 5.42. The maximum absolute atomic E-state index is 13.2. The minimum absolute atomic E-state index is 0.143. The standard InChI is InChI=1S/C16H23FN2O/c1-3-16(9-6-10-18-16)15(20)19(4-2)12-13-7-5-8-14(17)11-13/h5,7-8,11,18H,3-4,6,9-10,12H2,1-2H3. The highest BCUT2D eigenvalue weighted by Gasteiger charge is 2.41. The maximum atomic E-state index is 13.2. The van der Waals surface area contributed by atoms with Crippen LogP contribution in [0.5, 0.6) is 0 Å². The Hall–Kier alpha value is -1.42. The van der Waals surface area contributed by atoms with Crippen molar-refractivity contribution >= 4 is 5.91 Å². The zero-order valence-electron chi connectivity index (χ0n) is 12.3. The topological polar surface area (TPSA) is 32.3 Å². The van der Waals surface area contributed by atoms with Crippen molar-refractivity contribution in [2.24, 2.45) is 0 Å². The van der Waals surface area contributed by atoms with Gasteiger partial charge in [-0.05, 0) is 50.4 Å². The number of nitrogens with zero attached hydrogens (tertiary/aromatic N) is 1. The van der Waals surface area contributed by atoms with Gasteiger partial charge in [0.05, 0.1) is 5.54 Å². The highest BCUT2D eigenvalue weighted by molar-refractivity contribution is 5.86. The molecular formula is C16H23FN2O. The van der Waals surface area contributed by atoms with Crippen LogP contribution in [0.25, 0.3) is 0 Å². The summed E-state index contributed by atoms with van der Waals surface area (Å²) in [6.07, 6.45) is 2.73.